The Labute approximate surface area is 441 Å². The Morgan fingerprint density at radius 2 is 1.68 bits per heavy atom. The molecule has 2 N–H and O–H groups in total. The molecule has 6 rings (SSSR count). The lowest BCUT2D eigenvalue weighted by molar-refractivity contribution is -0.144. The predicted molar refractivity (Wildman–Crippen MR) is 274 cm³/mol. The Hall–Kier alpha value is -6.61. The number of rotatable bonds is 22. The SMILES string of the molecule is COC(=O)c1cc(N2C(=S)N(c3ccc(C#N)c(C(F)(F)F)c3F)C(=O)C2(C)C)cnc1OCCCCCOCCCOCC(=O)N[C@H](C(=O)N1CCC[C@H]1C(=O)NCc1ccc(-c2scnc2C)cc1)C(C)(C)C. The largest absolute Gasteiger partial charge is 0.477 e. The maximum Gasteiger partial charge on any atom is 0.420 e. The number of aryl methyl sites for hydroxylation is 1. The molecule has 2 saturated heterocycles. The summed E-state index contributed by atoms with van der Waals surface area (Å²) in [7, 11) is 1.14. The first-order valence-corrected chi connectivity index (χ1v) is 25.5. The number of amides is 4. The van der Waals surface area contributed by atoms with E-state index in [2.05, 4.69) is 20.6 Å². The number of nitrogens with zero attached hydrogens (tertiary/aromatic N) is 6. The van der Waals surface area contributed by atoms with Crippen LogP contribution in [0, 0.1) is 29.5 Å². The van der Waals surface area contributed by atoms with Crippen molar-refractivity contribution in [2.75, 3.05) is 56.5 Å². The summed E-state index contributed by atoms with van der Waals surface area (Å²) in [5, 5.41) is 14.6. The Morgan fingerprint density at radius 1 is 0.987 bits per heavy atom. The number of esters is 1. The number of alkyl halides is 3. The molecule has 4 aromatic rings. The van der Waals surface area contributed by atoms with Gasteiger partial charge in [-0.15, -0.1) is 11.3 Å². The lowest BCUT2D eigenvalue weighted by Gasteiger charge is -2.35. The van der Waals surface area contributed by atoms with Crippen LogP contribution in [0.2, 0.25) is 0 Å². The highest BCUT2D eigenvalue weighted by atomic mass is 32.1. The molecule has 0 radical (unpaired) electrons. The van der Waals surface area contributed by atoms with Crippen LogP contribution in [0.25, 0.3) is 10.4 Å². The smallest absolute Gasteiger partial charge is 0.420 e. The summed E-state index contributed by atoms with van der Waals surface area (Å²) < 4.78 is 79.1. The Balaban J connectivity index is 0.895. The van der Waals surface area contributed by atoms with E-state index in [0.29, 0.717) is 69.7 Å². The predicted octanol–water partition coefficient (Wildman–Crippen LogP) is 8.06. The molecule has 75 heavy (non-hydrogen) atoms. The zero-order valence-corrected chi connectivity index (χ0v) is 44.4. The van der Waals surface area contributed by atoms with Gasteiger partial charge in [-0.2, -0.15) is 18.4 Å². The van der Waals surface area contributed by atoms with Crippen LogP contribution in [-0.4, -0.2) is 114 Å². The number of hydrogen-bond donors (Lipinski definition) is 2. The van der Waals surface area contributed by atoms with Gasteiger partial charge in [0.25, 0.3) is 5.91 Å². The second-order valence-electron chi connectivity index (χ2n) is 19.5. The van der Waals surface area contributed by atoms with Gasteiger partial charge >= 0.3 is 12.1 Å². The third-order valence-corrected chi connectivity index (χ3v) is 13.9. The second-order valence-corrected chi connectivity index (χ2v) is 20.7. The first kappa shape index (κ1) is 57.7. The highest BCUT2D eigenvalue weighted by molar-refractivity contribution is 7.81. The number of methoxy groups -OCH3 is 1. The van der Waals surface area contributed by atoms with Crippen molar-refractivity contribution in [3.8, 4) is 22.4 Å². The number of thiazole rings is 1. The first-order valence-electron chi connectivity index (χ1n) is 24.2. The van der Waals surface area contributed by atoms with Crippen molar-refractivity contribution in [1.82, 2.24) is 25.5 Å². The maximum absolute atomic E-state index is 15.5. The van der Waals surface area contributed by atoms with Gasteiger partial charge in [-0.1, -0.05) is 45.0 Å². The number of halogens is 4. The van der Waals surface area contributed by atoms with E-state index in [1.54, 1.807) is 16.2 Å². The number of carbonyl (C=O) groups is 5. The molecule has 2 fully saturated rings. The highest BCUT2D eigenvalue weighted by Crippen LogP contribution is 2.42. The Bertz CT molecular complexity index is 2800. The fraction of sp³-hybridized carbons (Fsp3) is 0.481. The molecule has 2 aliphatic heterocycles. The van der Waals surface area contributed by atoms with Crippen LogP contribution in [0.5, 0.6) is 5.88 Å². The third-order valence-electron chi connectivity index (χ3n) is 12.6. The number of pyridine rings is 1. The minimum atomic E-state index is -5.25. The number of carbonyl (C=O) groups excluding carboxylic acids is 5. The molecule has 0 aliphatic carbocycles. The molecule has 23 heteroatoms. The number of ether oxygens (including phenoxy) is 4. The molecule has 4 heterocycles. The van der Waals surface area contributed by atoms with Gasteiger partial charge in [0.05, 0.1) is 59.0 Å². The van der Waals surface area contributed by atoms with Crippen molar-refractivity contribution < 1.29 is 60.5 Å². The summed E-state index contributed by atoms with van der Waals surface area (Å²) in [6, 6.07) is 10.6. The van der Waals surface area contributed by atoms with E-state index in [-0.39, 0.29) is 48.8 Å². The second kappa shape index (κ2) is 24.8. The minimum absolute atomic E-state index is 0.0676. The van der Waals surface area contributed by atoms with E-state index in [1.807, 2.05) is 57.5 Å². The summed E-state index contributed by atoms with van der Waals surface area (Å²) in [6.07, 6.45) is -0.421. The summed E-state index contributed by atoms with van der Waals surface area (Å²) in [6.45, 7) is 12.0. The molecule has 2 atom stereocenters. The lowest BCUT2D eigenvalue weighted by Crippen LogP contribution is -2.58. The zero-order chi connectivity index (χ0) is 54.8. The number of benzene rings is 2. The van der Waals surface area contributed by atoms with E-state index >= 15 is 4.39 Å². The Kier molecular flexibility index (Phi) is 19.1. The molecule has 0 bridgehead atoms. The molecule has 0 spiro atoms. The van der Waals surface area contributed by atoms with Gasteiger partial charge in [-0.25, -0.2) is 19.2 Å². The number of anilines is 2. The average molecular weight is 1080 g/mol. The quantitative estimate of drug-likeness (QED) is 0.0331. The van der Waals surface area contributed by atoms with Crippen molar-refractivity contribution in [3.05, 3.63) is 87.9 Å². The van der Waals surface area contributed by atoms with E-state index in [1.165, 1.54) is 37.1 Å². The van der Waals surface area contributed by atoms with Gasteiger partial charge in [0.15, 0.2) is 10.9 Å². The lowest BCUT2D eigenvalue weighted by atomic mass is 9.85. The van der Waals surface area contributed by atoms with Crippen LogP contribution in [0.3, 0.4) is 0 Å². The van der Waals surface area contributed by atoms with Crippen LogP contribution in [0.15, 0.2) is 54.2 Å². The summed E-state index contributed by atoms with van der Waals surface area (Å²) in [5.74, 6) is -4.68. The molecule has 4 amide bonds. The third kappa shape index (κ3) is 13.6. The van der Waals surface area contributed by atoms with Crippen LogP contribution in [0.1, 0.15) is 106 Å². The number of nitriles is 1. The van der Waals surface area contributed by atoms with Crippen molar-refractivity contribution in [3.63, 3.8) is 0 Å². The standard InChI is InChI=1S/C52H60F4N8O9S2/c1-31-42(75-30-60-31)33-16-14-32(15-17-33)27-58-44(66)38-13-11-20-62(38)46(67)43(50(2,3)4)61-39(65)29-72-23-12-22-71-21-9-8-10-24-73-45-36(47(68)70-7)25-35(28-59-45)64-49(74)63(48(69)51(64,5)6)37-19-18-34(26-57)40(41(37)53)52(54,55)56/h14-19,25,28,30,38,43H,8-13,20-24,27,29H2,1-7H3,(H,58,66)(H,61,65)/t38-,43+/m0/s1. The Morgan fingerprint density at radius 3 is 2.33 bits per heavy atom. The molecular formula is C52H60F4N8O9S2. The summed E-state index contributed by atoms with van der Waals surface area (Å²) in [5.41, 5.74) is -1.17. The molecule has 402 valence electrons. The monoisotopic (exact) mass is 1080 g/mol. The molecule has 2 aromatic heterocycles. The van der Waals surface area contributed by atoms with Gasteiger partial charge in [-0.05, 0) is 106 Å². The first-order chi connectivity index (χ1) is 35.5. The number of nitrogens with one attached hydrogen (secondary N) is 2. The fourth-order valence-corrected chi connectivity index (χ4v) is 9.97. The number of thiocarbonyl (C=S) groups is 1. The number of hydrogen-bond acceptors (Lipinski definition) is 14. The molecule has 0 saturated carbocycles. The van der Waals surface area contributed by atoms with Crippen molar-refractivity contribution in [2.45, 2.75) is 110 Å². The highest BCUT2D eigenvalue weighted by Gasteiger charge is 2.52. The average Bonchev–Trinajstić information content (AvgIpc) is 4.08. The fourth-order valence-electron chi connectivity index (χ4n) is 8.65. The zero-order valence-electron chi connectivity index (χ0n) is 42.7. The minimum Gasteiger partial charge on any atom is -0.477 e. The van der Waals surface area contributed by atoms with E-state index in [0.717, 1.165) is 40.9 Å². The molecule has 17 nitrogen and oxygen atoms in total. The molecule has 0 unspecified atom stereocenters. The van der Waals surface area contributed by atoms with Crippen molar-refractivity contribution >= 4 is 69.6 Å². The van der Waals surface area contributed by atoms with E-state index < -0.39 is 74.7 Å². The number of likely N-dealkylation sites (tertiary alicyclic amines) is 1. The van der Waals surface area contributed by atoms with Crippen LogP contribution >= 0.6 is 23.6 Å². The van der Waals surface area contributed by atoms with Gasteiger partial charge in [0.1, 0.15) is 35.4 Å². The number of aromatic nitrogens is 2. The molecule has 2 aromatic carbocycles. The maximum atomic E-state index is 15.5. The van der Waals surface area contributed by atoms with Gasteiger partial charge in [-0.3, -0.25) is 24.1 Å². The number of unbranched alkanes of at least 4 members (excludes halogenated alkanes) is 2. The van der Waals surface area contributed by atoms with E-state index in [4.69, 9.17) is 31.2 Å². The molecular weight excluding hydrogens is 1020 g/mol. The van der Waals surface area contributed by atoms with Crippen LogP contribution < -0.4 is 25.2 Å². The summed E-state index contributed by atoms with van der Waals surface area (Å²) in [4.78, 5) is 80.0. The van der Waals surface area contributed by atoms with Gasteiger partial charge in [0, 0.05) is 32.9 Å². The van der Waals surface area contributed by atoms with Crippen LogP contribution in [0.4, 0.5) is 28.9 Å². The normalized spacial score (nSPS) is 16.0. The van der Waals surface area contributed by atoms with Gasteiger partial charge < -0.3 is 39.4 Å². The summed E-state index contributed by atoms with van der Waals surface area (Å²) >= 11 is 7.09. The van der Waals surface area contributed by atoms with Crippen molar-refractivity contribution in [2.24, 2.45) is 5.41 Å². The topological polar surface area (TPSA) is 206 Å². The molecule has 2 aliphatic rings. The van der Waals surface area contributed by atoms with Crippen molar-refractivity contribution in [1.29, 1.82) is 5.26 Å². The van der Waals surface area contributed by atoms with E-state index in [9.17, 15) is 42.4 Å². The van der Waals surface area contributed by atoms with Crippen LogP contribution in [-0.2, 0) is 46.1 Å². The van der Waals surface area contributed by atoms with Gasteiger partial charge in [0.2, 0.25) is 23.6 Å².